The van der Waals surface area contributed by atoms with Gasteiger partial charge in [-0.05, 0) is 32.2 Å². The summed E-state index contributed by atoms with van der Waals surface area (Å²) >= 11 is 0. The molecule has 1 amide bonds. The quantitative estimate of drug-likeness (QED) is 0.669. The molecule has 0 spiro atoms. The van der Waals surface area contributed by atoms with Gasteiger partial charge in [0.25, 0.3) is 11.8 Å². The van der Waals surface area contributed by atoms with Crippen LogP contribution in [0.4, 0.5) is 0 Å². The van der Waals surface area contributed by atoms with E-state index in [1.165, 1.54) is 0 Å². The Morgan fingerprint density at radius 3 is 2.55 bits per heavy atom. The van der Waals surface area contributed by atoms with Crippen LogP contribution in [0.15, 0.2) is 34.9 Å². The zero-order chi connectivity index (χ0) is 22.2. The molecule has 0 radical (unpaired) electrons. The van der Waals surface area contributed by atoms with E-state index in [2.05, 4.69) is 25.3 Å². The Morgan fingerprint density at radius 2 is 1.90 bits per heavy atom. The molecule has 4 rings (SSSR count). The Labute approximate surface area is 182 Å². The van der Waals surface area contributed by atoms with Crippen LogP contribution in [0.2, 0.25) is 0 Å². The predicted molar refractivity (Wildman–Crippen MR) is 117 cm³/mol. The lowest BCUT2D eigenvalue weighted by Crippen LogP contribution is -2.52. The van der Waals surface area contributed by atoms with Crippen molar-refractivity contribution in [1.29, 1.82) is 0 Å². The minimum Gasteiger partial charge on any atom is -0.337 e. The lowest BCUT2D eigenvalue weighted by atomic mass is 9.74. The van der Waals surface area contributed by atoms with Crippen molar-refractivity contribution in [1.82, 2.24) is 30.3 Å². The highest BCUT2D eigenvalue weighted by atomic mass is 16.5. The highest BCUT2D eigenvalue weighted by Gasteiger charge is 2.46. The molecule has 164 valence electrons. The van der Waals surface area contributed by atoms with E-state index in [9.17, 15) is 4.79 Å². The Morgan fingerprint density at radius 1 is 1.16 bits per heavy atom. The molecule has 1 aromatic carbocycles. The molecule has 0 saturated heterocycles. The summed E-state index contributed by atoms with van der Waals surface area (Å²) in [4.78, 5) is 22.8. The molecule has 1 aliphatic heterocycles. The first kappa shape index (κ1) is 21.2. The van der Waals surface area contributed by atoms with Crippen LogP contribution in [0.1, 0.15) is 62.0 Å². The molecule has 8 heteroatoms. The molecule has 1 atom stereocenters. The number of aryl methyl sites for hydroxylation is 1. The smallest absolute Gasteiger partial charge is 0.272 e. The molecule has 0 saturated carbocycles. The molecular weight excluding hydrogens is 392 g/mol. The van der Waals surface area contributed by atoms with Crippen molar-refractivity contribution in [3.05, 3.63) is 53.4 Å². The zero-order valence-electron chi connectivity index (χ0n) is 18.8. The van der Waals surface area contributed by atoms with Gasteiger partial charge in [0, 0.05) is 18.7 Å². The van der Waals surface area contributed by atoms with Gasteiger partial charge in [-0.1, -0.05) is 56.3 Å². The second-order valence-electron chi connectivity index (χ2n) is 9.25. The molecule has 0 bridgehead atoms. The summed E-state index contributed by atoms with van der Waals surface area (Å²) in [6.07, 6.45) is 0.977. The molecule has 0 aliphatic carbocycles. The van der Waals surface area contributed by atoms with Crippen LogP contribution >= 0.6 is 0 Å². The van der Waals surface area contributed by atoms with E-state index in [4.69, 9.17) is 9.51 Å². The number of carbonyl (C=O) groups is 1. The van der Waals surface area contributed by atoms with Gasteiger partial charge >= 0.3 is 0 Å². The summed E-state index contributed by atoms with van der Waals surface area (Å²) in [5.74, 6) is 1.49. The summed E-state index contributed by atoms with van der Waals surface area (Å²) in [7, 11) is 0. The van der Waals surface area contributed by atoms with E-state index in [1.54, 1.807) is 6.92 Å². The predicted octanol–water partition coefficient (Wildman–Crippen LogP) is 3.43. The monoisotopic (exact) mass is 422 g/mol. The molecule has 2 N–H and O–H groups in total. The first-order valence-electron chi connectivity index (χ1n) is 10.7. The topological polar surface area (TPSA) is 97.9 Å². The van der Waals surface area contributed by atoms with Crippen LogP contribution in [-0.4, -0.2) is 32.1 Å². The van der Waals surface area contributed by atoms with Crippen LogP contribution in [-0.2, 0) is 18.6 Å². The minimum atomic E-state index is -0.868. The second-order valence-corrected chi connectivity index (χ2v) is 9.25. The lowest BCUT2D eigenvalue weighted by molar-refractivity contribution is 0.0700. The summed E-state index contributed by atoms with van der Waals surface area (Å²) in [5, 5.41) is 10.5. The molecule has 1 aliphatic rings. The molecule has 2 aromatic heterocycles. The fourth-order valence-electron chi connectivity index (χ4n) is 3.81. The Balaban J connectivity index is 1.77. The van der Waals surface area contributed by atoms with Gasteiger partial charge < -0.3 is 19.7 Å². The maximum absolute atomic E-state index is 13.6. The molecule has 31 heavy (non-hydrogen) atoms. The summed E-state index contributed by atoms with van der Waals surface area (Å²) < 4.78 is 7.65. The second kappa shape index (κ2) is 7.92. The van der Waals surface area contributed by atoms with E-state index < -0.39 is 5.54 Å². The first-order valence-corrected chi connectivity index (χ1v) is 10.7. The number of nitrogens with zero attached hydrogens (tertiary/aromatic N) is 4. The normalized spacial score (nSPS) is 16.3. The number of nitrogens with one attached hydrogen (secondary N) is 2. The molecule has 0 unspecified atom stereocenters. The van der Waals surface area contributed by atoms with E-state index >= 15 is 0 Å². The van der Waals surface area contributed by atoms with E-state index in [1.807, 2.05) is 58.0 Å². The summed E-state index contributed by atoms with van der Waals surface area (Å²) in [6, 6.07) is 10.00. The van der Waals surface area contributed by atoms with E-state index in [-0.39, 0.29) is 11.3 Å². The van der Waals surface area contributed by atoms with Gasteiger partial charge in [0.15, 0.2) is 11.5 Å². The van der Waals surface area contributed by atoms with Crippen LogP contribution in [0, 0.1) is 12.3 Å². The third-order valence-corrected chi connectivity index (χ3v) is 6.17. The van der Waals surface area contributed by atoms with Crippen molar-refractivity contribution >= 4 is 5.91 Å². The van der Waals surface area contributed by atoms with Crippen molar-refractivity contribution in [2.75, 3.05) is 6.54 Å². The van der Waals surface area contributed by atoms with Gasteiger partial charge in [-0.15, -0.1) is 0 Å². The highest BCUT2D eigenvalue weighted by Crippen LogP contribution is 2.38. The number of aromatic nitrogens is 4. The molecular formula is C23H30N6O2. The number of rotatable bonds is 4. The third kappa shape index (κ3) is 3.87. The average molecular weight is 423 g/mol. The molecule has 3 heterocycles. The first-order chi connectivity index (χ1) is 14.7. The number of imidazole rings is 1. The van der Waals surface area contributed by atoms with Crippen molar-refractivity contribution in [2.45, 2.75) is 59.7 Å². The minimum absolute atomic E-state index is 0.247. The summed E-state index contributed by atoms with van der Waals surface area (Å²) in [6.45, 7) is 12.1. The Kier molecular flexibility index (Phi) is 5.43. The van der Waals surface area contributed by atoms with Crippen LogP contribution in [0.3, 0.4) is 0 Å². The van der Waals surface area contributed by atoms with Crippen molar-refractivity contribution in [2.24, 2.45) is 5.41 Å². The summed E-state index contributed by atoms with van der Waals surface area (Å²) in [5.41, 5.74) is 1.08. The van der Waals surface area contributed by atoms with Gasteiger partial charge in [0.1, 0.15) is 11.4 Å². The van der Waals surface area contributed by atoms with E-state index in [0.29, 0.717) is 24.0 Å². The fourth-order valence-corrected chi connectivity index (χ4v) is 3.81. The Hall–Kier alpha value is -3.00. The van der Waals surface area contributed by atoms with Gasteiger partial charge in [-0.3, -0.25) is 4.79 Å². The maximum atomic E-state index is 13.6. The zero-order valence-corrected chi connectivity index (χ0v) is 18.8. The molecule has 3 aromatic rings. The average Bonchev–Trinajstić information content (AvgIpc) is 3.24. The van der Waals surface area contributed by atoms with Gasteiger partial charge in [-0.25, -0.2) is 4.98 Å². The number of amides is 1. The molecule has 8 nitrogen and oxygen atoms in total. The van der Waals surface area contributed by atoms with Crippen LogP contribution < -0.4 is 10.6 Å². The van der Waals surface area contributed by atoms with Crippen molar-refractivity contribution in [3.8, 4) is 11.4 Å². The van der Waals surface area contributed by atoms with Gasteiger partial charge in [0.05, 0.1) is 5.69 Å². The van der Waals surface area contributed by atoms with Crippen molar-refractivity contribution < 1.29 is 9.32 Å². The number of fused-ring (bicyclic) bond motifs is 1. The maximum Gasteiger partial charge on any atom is 0.272 e. The number of hydrogen-bond donors (Lipinski definition) is 2. The Bertz CT molecular complexity index is 1080. The van der Waals surface area contributed by atoms with E-state index in [0.717, 1.165) is 36.6 Å². The standard InChI is InChI=1S/C23H30N6O2/c1-15-25-21(31-28-15)23(5,22(2,3)4)27-20(30)18-17-14-24-12-9-13-29(17)19(26-18)16-10-7-6-8-11-16/h6-8,10-11,24H,9,12-14H2,1-5H3,(H,27,30)/t23-/m0/s1. The lowest BCUT2D eigenvalue weighted by Gasteiger charge is -2.39. The fraction of sp³-hybridized carbons (Fsp3) is 0.478. The SMILES string of the molecule is Cc1noc([C@](C)(NC(=O)c2nc(-c3ccccc3)n3c2CNCCC3)C(C)(C)C)n1. The molecule has 0 fully saturated rings. The largest absolute Gasteiger partial charge is 0.337 e. The van der Waals surface area contributed by atoms with Gasteiger partial charge in [0.2, 0.25) is 0 Å². The number of hydrogen-bond acceptors (Lipinski definition) is 6. The third-order valence-electron chi connectivity index (χ3n) is 6.17. The highest BCUT2D eigenvalue weighted by molar-refractivity contribution is 5.95. The van der Waals surface area contributed by atoms with Crippen LogP contribution in [0.5, 0.6) is 0 Å². The van der Waals surface area contributed by atoms with Crippen molar-refractivity contribution in [3.63, 3.8) is 0 Å². The van der Waals surface area contributed by atoms with Crippen LogP contribution in [0.25, 0.3) is 11.4 Å². The number of carbonyl (C=O) groups excluding carboxylic acids is 1. The van der Waals surface area contributed by atoms with Gasteiger partial charge in [-0.2, -0.15) is 4.98 Å². The number of benzene rings is 1.